The van der Waals surface area contributed by atoms with E-state index in [4.69, 9.17) is 4.74 Å². The van der Waals surface area contributed by atoms with Crippen LogP contribution in [-0.2, 0) is 4.74 Å². The van der Waals surface area contributed by atoms with Crippen molar-refractivity contribution < 1.29 is 13.9 Å². The first-order chi connectivity index (χ1) is 8.66. The molecule has 1 N–H and O–H groups in total. The Morgan fingerprint density at radius 3 is 3.06 bits per heavy atom. The molecule has 0 spiro atoms. The summed E-state index contributed by atoms with van der Waals surface area (Å²) in [5.41, 5.74) is 0.973. The van der Waals surface area contributed by atoms with Gasteiger partial charge in [-0.05, 0) is 38.3 Å². The summed E-state index contributed by atoms with van der Waals surface area (Å²) in [5.74, 6) is -0.854. The molecular formula is C14H18FNO2. The van der Waals surface area contributed by atoms with Crippen molar-refractivity contribution in [2.75, 3.05) is 13.2 Å². The minimum absolute atomic E-state index is 0.0653. The van der Waals surface area contributed by atoms with Gasteiger partial charge >= 0.3 is 0 Å². The molecule has 1 aliphatic rings. The first kappa shape index (κ1) is 13.0. The van der Waals surface area contributed by atoms with Crippen LogP contribution in [0.25, 0.3) is 0 Å². The van der Waals surface area contributed by atoms with Crippen LogP contribution < -0.4 is 5.32 Å². The summed E-state index contributed by atoms with van der Waals surface area (Å²) in [6.07, 6.45) is 3.22. The molecule has 1 aromatic carbocycles. The van der Waals surface area contributed by atoms with Crippen LogP contribution in [0.4, 0.5) is 4.39 Å². The van der Waals surface area contributed by atoms with E-state index in [9.17, 15) is 9.18 Å². The second-order valence-corrected chi connectivity index (χ2v) is 4.68. The van der Waals surface area contributed by atoms with E-state index in [1.807, 2.05) is 6.92 Å². The van der Waals surface area contributed by atoms with Crippen molar-refractivity contribution in [1.82, 2.24) is 5.32 Å². The number of carbonyl (C=O) groups is 1. The second kappa shape index (κ2) is 5.96. The number of carbonyl (C=O) groups excluding carboxylic acids is 1. The minimum Gasteiger partial charge on any atom is -0.376 e. The first-order valence-corrected chi connectivity index (χ1v) is 6.33. The monoisotopic (exact) mass is 251 g/mol. The van der Waals surface area contributed by atoms with E-state index in [0.29, 0.717) is 6.54 Å². The van der Waals surface area contributed by atoms with Gasteiger partial charge in [0.25, 0.3) is 5.91 Å². The summed E-state index contributed by atoms with van der Waals surface area (Å²) < 4.78 is 19.0. The minimum atomic E-state index is -0.484. The maximum absolute atomic E-state index is 13.5. The summed E-state index contributed by atoms with van der Waals surface area (Å²) in [7, 11) is 0. The van der Waals surface area contributed by atoms with E-state index in [1.54, 1.807) is 12.1 Å². The maximum Gasteiger partial charge on any atom is 0.254 e. The van der Waals surface area contributed by atoms with Crippen LogP contribution in [0.3, 0.4) is 0 Å². The Kier molecular flexibility index (Phi) is 4.31. The lowest BCUT2D eigenvalue weighted by atomic mass is 10.1. The molecular weight excluding hydrogens is 233 g/mol. The Balaban J connectivity index is 1.92. The molecule has 1 fully saturated rings. The molecule has 1 aromatic rings. The number of aryl methyl sites for hydroxylation is 1. The summed E-state index contributed by atoms with van der Waals surface area (Å²) in [6, 6.07) is 4.53. The van der Waals surface area contributed by atoms with Gasteiger partial charge in [0, 0.05) is 13.2 Å². The molecule has 0 aromatic heterocycles. The van der Waals surface area contributed by atoms with E-state index in [0.717, 1.165) is 31.4 Å². The van der Waals surface area contributed by atoms with Crippen LogP contribution in [0.1, 0.15) is 35.2 Å². The zero-order valence-corrected chi connectivity index (χ0v) is 10.5. The molecule has 0 saturated carbocycles. The smallest absolute Gasteiger partial charge is 0.254 e. The molecule has 0 radical (unpaired) electrons. The molecule has 1 aliphatic heterocycles. The summed E-state index contributed by atoms with van der Waals surface area (Å²) in [6.45, 7) is 3.03. The third kappa shape index (κ3) is 3.29. The fraction of sp³-hybridized carbons (Fsp3) is 0.500. The summed E-state index contributed by atoms with van der Waals surface area (Å²) >= 11 is 0. The highest BCUT2D eigenvalue weighted by Crippen LogP contribution is 2.13. The Bertz CT molecular complexity index is 428. The van der Waals surface area contributed by atoms with E-state index < -0.39 is 5.82 Å². The normalized spacial score (nSPS) is 19.6. The van der Waals surface area contributed by atoms with Crippen LogP contribution >= 0.6 is 0 Å². The van der Waals surface area contributed by atoms with Crippen LogP contribution in [0.2, 0.25) is 0 Å². The maximum atomic E-state index is 13.5. The Morgan fingerprint density at radius 1 is 1.50 bits per heavy atom. The number of halogens is 1. The van der Waals surface area contributed by atoms with Crippen LogP contribution in [0, 0.1) is 12.7 Å². The predicted molar refractivity (Wildman–Crippen MR) is 67.1 cm³/mol. The van der Waals surface area contributed by atoms with Gasteiger partial charge in [-0.25, -0.2) is 4.39 Å². The van der Waals surface area contributed by atoms with Gasteiger partial charge in [-0.15, -0.1) is 0 Å². The average molecular weight is 251 g/mol. The lowest BCUT2D eigenvalue weighted by Crippen LogP contribution is -2.35. The molecule has 1 heterocycles. The first-order valence-electron chi connectivity index (χ1n) is 6.33. The van der Waals surface area contributed by atoms with Crippen molar-refractivity contribution >= 4 is 5.91 Å². The standard InChI is InChI=1S/C14H18FNO2/c1-10-5-6-13(15)12(8-10)14(17)16-9-11-4-2-3-7-18-11/h5-6,8,11H,2-4,7,9H2,1H3,(H,16,17). The lowest BCUT2D eigenvalue weighted by Gasteiger charge is -2.22. The number of amides is 1. The Hall–Kier alpha value is -1.42. The van der Waals surface area contributed by atoms with Crippen LogP contribution in [-0.4, -0.2) is 25.2 Å². The zero-order chi connectivity index (χ0) is 13.0. The fourth-order valence-electron chi connectivity index (χ4n) is 2.08. The predicted octanol–water partition coefficient (Wildman–Crippen LogP) is 2.43. The number of rotatable bonds is 3. The molecule has 18 heavy (non-hydrogen) atoms. The van der Waals surface area contributed by atoms with Crippen molar-refractivity contribution in [1.29, 1.82) is 0 Å². The molecule has 2 rings (SSSR count). The largest absolute Gasteiger partial charge is 0.376 e. The summed E-state index contributed by atoms with van der Waals surface area (Å²) in [4.78, 5) is 11.9. The summed E-state index contributed by atoms with van der Waals surface area (Å²) in [5, 5.41) is 2.73. The third-order valence-corrected chi connectivity index (χ3v) is 3.13. The quantitative estimate of drug-likeness (QED) is 0.896. The van der Waals surface area contributed by atoms with Crippen molar-refractivity contribution in [2.45, 2.75) is 32.3 Å². The van der Waals surface area contributed by atoms with Gasteiger partial charge in [-0.2, -0.15) is 0 Å². The number of benzene rings is 1. The highest BCUT2D eigenvalue weighted by Gasteiger charge is 2.17. The Morgan fingerprint density at radius 2 is 2.33 bits per heavy atom. The number of hydrogen-bond donors (Lipinski definition) is 1. The zero-order valence-electron chi connectivity index (χ0n) is 10.5. The SMILES string of the molecule is Cc1ccc(F)c(C(=O)NCC2CCCCO2)c1. The van der Waals surface area contributed by atoms with Gasteiger partial charge in [0.2, 0.25) is 0 Å². The Labute approximate surface area is 106 Å². The molecule has 1 unspecified atom stereocenters. The lowest BCUT2D eigenvalue weighted by molar-refractivity contribution is 0.0168. The van der Waals surface area contributed by atoms with Crippen LogP contribution in [0.5, 0.6) is 0 Å². The van der Waals surface area contributed by atoms with E-state index in [2.05, 4.69) is 5.32 Å². The van der Waals surface area contributed by atoms with E-state index in [-0.39, 0.29) is 17.6 Å². The third-order valence-electron chi connectivity index (χ3n) is 3.13. The molecule has 1 amide bonds. The molecule has 0 aliphatic carbocycles. The van der Waals surface area contributed by atoms with Gasteiger partial charge in [0.05, 0.1) is 11.7 Å². The molecule has 4 heteroatoms. The van der Waals surface area contributed by atoms with Crippen molar-refractivity contribution in [3.63, 3.8) is 0 Å². The number of nitrogens with one attached hydrogen (secondary N) is 1. The van der Waals surface area contributed by atoms with Gasteiger partial charge in [0.15, 0.2) is 0 Å². The van der Waals surface area contributed by atoms with E-state index >= 15 is 0 Å². The van der Waals surface area contributed by atoms with Gasteiger partial charge in [-0.1, -0.05) is 11.6 Å². The molecule has 0 bridgehead atoms. The number of hydrogen-bond acceptors (Lipinski definition) is 2. The van der Waals surface area contributed by atoms with Crippen molar-refractivity contribution in [2.24, 2.45) is 0 Å². The highest BCUT2D eigenvalue weighted by atomic mass is 19.1. The van der Waals surface area contributed by atoms with Crippen molar-refractivity contribution in [3.8, 4) is 0 Å². The van der Waals surface area contributed by atoms with Crippen molar-refractivity contribution in [3.05, 3.63) is 35.1 Å². The number of ether oxygens (including phenoxy) is 1. The average Bonchev–Trinajstić information content (AvgIpc) is 2.40. The highest BCUT2D eigenvalue weighted by molar-refractivity contribution is 5.94. The second-order valence-electron chi connectivity index (χ2n) is 4.68. The van der Waals surface area contributed by atoms with Gasteiger partial charge in [-0.3, -0.25) is 4.79 Å². The van der Waals surface area contributed by atoms with Crippen LogP contribution in [0.15, 0.2) is 18.2 Å². The molecule has 1 saturated heterocycles. The fourth-order valence-corrected chi connectivity index (χ4v) is 2.08. The van der Waals surface area contributed by atoms with Gasteiger partial charge < -0.3 is 10.1 Å². The van der Waals surface area contributed by atoms with Gasteiger partial charge in [0.1, 0.15) is 5.82 Å². The molecule has 1 atom stereocenters. The topological polar surface area (TPSA) is 38.3 Å². The molecule has 3 nitrogen and oxygen atoms in total. The van der Waals surface area contributed by atoms with E-state index in [1.165, 1.54) is 6.07 Å². The molecule has 98 valence electrons.